The van der Waals surface area contributed by atoms with E-state index in [1.54, 1.807) is 0 Å². The first-order valence-electron chi connectivity index (χ1n) is 3.54. The van der Waals surface area contributed by atoms with Crippen molar-refractivity contribution < 1.29 is 17.9 Å². The summed E-state index contributed by atoms with van der Waals surface area (Å²) in [7, 11) is 2.78. The zero-order chi connectivity index (χ0) is 10.1. The Morgan fingerprint density at radius 3 is 2.62 bits per heavy atom. The first-order chi connectivity index (χ1) is 5.95. The number of ether oxygens (including phenoxy) is 1. The Labute approximate surface area is 73.1 Å². The normalized spacial score (nSPS) is 12.1. The van der Waals surface area contributed by atoms with Crippen molar-refractivity contribution in [1.82, 2.24) is 9.78 Å². The molecule has 0 radical (unpaired) electrons. The number of nitrogens with zero attached hydrogens (tertiary/aromatic N) is 2. The molecule has 0 bridgehead atoms. The molecule has 0 N–H and O–H groups in total. The quantitative estimate of drug-likeness (QED) is 0.714. The van der Waals surface area contributed by atoms with Gasteiger partial charge >= 0.3 is 6.18 Å². The number of halogens is 3. The van der Waals surface area contributed by atoms with Gasteiger partial charge in [-0.25, -0.2) is 0 Å². The summed E-state index contributed by atoms with van der Waals surface area (Å²) in [5.41, 5.74) is -0.825. The Kier molecular flexibility index (Phi) is 2.60. The number of aromatic nitrogens is 2. The van der Waals surface area contributed by atoms with E-state index in [-0.39, 0.29) is 12.2 Å². The first-order valence-corrected chi connectivity index (χ1v) is 3.54. The Balaban J connectivity index is 3.04. The molecule has 0 atom stereocenters. The highest BCUT2D eigenvalue weighted by atomic mass is 19.4. The molecule has 3 nitrogen and oxygen atoms in total. The van der Waals surface area contributed by atoms with Gasteiger partial charge in [0.1, 0.15) is 0 Å². The van der Waals surface area contributed by atoms with Crippen LogP contribution in [0.4, 0.5) is 13.2 Å². The maximum absolute atomic E-state index is 12.3. The van der Waals surface area contributed by atoms with Crippen molar-refractivity contribution in [2.24, 2.45) is 7.05 Å². The third kappa shape index (κ3) is 2.21. The maximum atomic E-state index is 12.3. The topological polar surface area (TPSA) is 27.1 Å². The molecule has 0 aromatic carbocycles. The number of methoxy groups -OCH3 is 1. The number of hydrogen-bond donors (Lipinski definition) is 0. The molecular formula is C7H9F3N2O. The van der Waals surface area contributed by atoms with Gasteiger partial charge in [0.05, 0.1) is 6.61 Å². The molecule has 0 saturated carbocycles. The second-order valence-electron chi connectivity index (χ2n) is 2.61. The average Bonchev–Trinajstić information content (AvgIpc) is 2.30. The molecule has 1 heterocycles. The minimum absolute atomic E-state index is 0.0532. The van der Waals surface area contributed by atoms with Gasteiger partial charge in [0, 0.05) is 25.9 Å². The van der Waals surface area contributed by atoms with Gasteiger partial charge in [-0.1, -0.05) is 0 Å². The predicted octanol–water partition coefficient (Wildman–Crippen LogP) is 1.59. The van der Waals surface area contributed by atoms with Crippen LogP contribution in [0.3, 0.4) is 0 Å². The standard InChI is InChI=1S/C7H9F3N2O/c1-12-3-5(4-13-2)6(11-12)7(8,9)10/h3H,4H2,1-2H3. The number of hydrogen-bond acceptors (Lipinski definition) is 2. The van der Waals surface area contributed by atoms with E-state index in [1.807, 2.05) is 0 Å². The number of rotatable bonds is 2. The highest BCUT2D eigenvalue weighted by Crippen LogP contribution is 2.30. The molecular weight excluding hydrogens is 185 g/mol. The molecule has 74 valence electrons. The second kappa shape index (κ2) is 3.37. The predicted molar refractivity (Wildman–Crippen MR) is 38.9 cm³/mol. The molecule has 6 heteroatoms. The maximum Gasteiger partial charge on any atom is 0.435 e. The van der Waals surface area contributed by atoms with Crippen molar-refractivity contribution >= 4 is 0 Å². The van der Waals surface area contributed by atoms with E-state index < -0.39 is 11.9 Å². The third-order valence-electron chi connectivity index (χ3n) is 1.47. The molecule has 0 spiro atoms. The molecule has 1 rings (SSSR count). The van der Waals surface area contributed by atoms with E-state index in [9.17, 15) is 13.2 Å². The van der Waals surface area contributed by atoms with E-state index in [0.29, 0.717) is 0 Å². The average molecular weight is 194 g/mol. The summed E-state index contributed by atoms with van der Waals surface area (Å²) < 4.78 is 42.5. The second-order valence-corrected chi connectivity index (χ2v) is 2.61. The van der Waals surface area contributed by atoms with Crippen LogP contribution in [0.1, 0.15) is 11.3 Å². The van der Waals surface area contributed by atoms with E-state index in [2.05, 4.69) is 9.84 Å². The monoisotopic (exact) mass is 194 g/mol. The smallest absolute Gasteiger partial charge is 0.380 e. The van der Waals surface area contributed by atoms with E-state index in [1.165, 1.54) is 20.4 Å². The van der Waals surface area contributed by atoms with Gasteiger partial charge in [-0.15, -0.1) is 0 Å². The lowest BCUT2D eigenvalue weighted by Gasteiger charge is -2.04. The van der Waals surface area contributed by atoms with Crippen LogP contribution >= 0.6 is 0 Å². The lowest BCUT2D eigenvalue weighted by atomic mass is 10.2. The lowest BCUT2D eigenvalue weighted by Crippen LogP contribution is -2.09. The highest BCUT2D eigenvalue weighted by molar-refractivity contribution is 5.18. The van der Waals surface area contributed by atoms with Crippen LogP contribution in [0, 0.1) is 0 Å². The Morgan fingerprint density at radius 1 is 1.54 bits per heavy atom. The van der Waals surface area contributed by atoms with Crippen LogP contribution in [-0.4, -0.2) is 16.9 Å². The molecule has 0 saturated heterocycles. The summed E-state index contributed by atoms with van der Waals surface area (Å²) in [5, 5.41) is 3.31. The summed E-state index contributed by atoms with van der Waals surface area (Å²) in [6.07, 6.45) is -3.11. The third-order valence-corrected chi connectivity index (χ3v) is 1.47. The number of alkyl halides is 3. The van der Waals surface area contributed by atoms with Gasteiger partial charge in [-0.05, 0) is 0 Å². The van der Waals surface area contributed by atoms with Crippen molar-refractivity contribution in [1.29, 1.82) is 0 Å². The Bertz CT molecular complexity index is 292. The molecule has 0 aliphatic heterocycles. The van der Waals surface area contributed by atoms with E-state index >= 15 is 0 Å². The van der Waals surface area contributed by atoms with Gasteiger partial charge in [-0.3, -0.25) is 4.68 Å². The van der Waals surface area contributed by atoms with Crippen molar-refractivity contribution in [3.8, 4) is 0 Å². The fraction of sp³-hybridized carbons (Fsp3) is 0.571. The number of aryl methyl sites for hydroxylation is 1. The lowest BCUT2D eigenvalue weighted by molar-refractivity contribution is -0.142. The minimum Gasteiger partial charge on any atom is -0.380 e. The zero-order valence-electron chi connectivity index (χ0n) is 7.22. The summed E-state index contributed by atoms with van der Waals surface area (Å²) >= 11 is 0. The largest absolute Gasteiger partial charge is 0.435 e. The van der Waals surface area contributed by atoms with Gasteiger partial charge < -0.3 is 4.74 Å². The Morgan fingerprint density at radius 2 is 2.15 bits per heavy atom. The van der Waals surface area contributed by atoms with Crippen LogP contribution in [0.2, 0.25) is 0 Å². The molecule has 0 aliphatic rings. The summed E-state index contributed by atoms with van der Waals surface area (Å²) in [5.74, 6) is 0. The highest BCUT2D eigenvalue weighted by Gasteiger charge is 2.36. The van der Waals surface area contributed by atoms with Crippen molar-refractivity contribution in [2.75, 3.05) is 7.11 Å². The molecule has 1 aromatic heterocycles. The molecule has 0 amide bonds. The van der Waals surface area contributed by atoms with Crippen molar-refractivity contribution in [3.63, 3.8) is 0 Å². The molecule has 0 aliphatic carbocycles. The summed E-state index contributed by atoms with van der Waals surface area (Å²) in [6, 6.07) is 0. The fourth-order valence-electron chi connectivity index (χ4n) is 1.04. The van der Waals surface area contributed by atoms with Crippen LogP contribution in [0.25, 0.3) is 0 Å². The van der Waals surface area contributed by atoms with Gasteiger partial charge in [0.15, 0.2) is 5.69 Å². The SMILES string of the molecule is COCc1cn(C)nc1C(F)(F)F. The van der Waals surface area contributed by atoms with Crippen molar-refractivity contribution in [2.45, 2.75) is 12.8 Å². The molecule has 1 aromatic rings. The van der Waals surface area contributed by atoms with Crippen molar-refractivity contribution in [3.05, 3.63) is 17.5 Å². The van der Waals surface area contributed by atoms with E-state index in [0.717, 1.165) is 4.68 Å². The molecule has 0 fully saturated rings. The Hall–Kier alpha value is -1.04. The van der Waals surface area contributed by atoms with Crippen LogP contribution in [-0.2, 0) is 24.6 Å². The van der Waals surface area contributed by atoms with Crippen LogP contribution < -0.4 is 0 Å². The summed E-state index contributed by atoms with van der Waals surface area (Å²) in [6.45, 7) is -0.0807. The molecule has 13 heavy (non-hydrogen) atoms. The van der Waals surface area contributed by atoms with E-state index in [4.69, 9.17) is 0 Å². The van der Waals surface area contributed by atoms with Crippen LogP contribution in [0.5, 0.6) is 0 Å². The van der Waals surface area contributed by atoms with Gasteiger partial charge in [0.2, 0.25) is 0 Å². The zero-order valence-corrected chi connectivity index (χ0v) is 7.22. The van der Waals surface area contributed by atoms with Gasteiger partial charge in [-0.2, -0.15) is 18.3 Å². The first kappa shape index (κ1) is 10.0. The fourth-order valence-corrected chi connectivity index (χ4v) is 1.04. The van der Waals surface area contributed by atoms with Crippen LogP contribution in [0.15, 0.2) is 6.20 Å². The van der Waals surface area contributed by atoms with Gasteiger partial charge in [0.25, 0.3) is 0 Å². The molecule has 0 unspecified atom stereocenters. The summed E-state index contributed by atoms with van der Waals surface area (Å²) in [4.78, 5) is 0. The minimum atomic E-state index is -4.41.